The van der Waals surface area contributed by atoms with Crippen molar-refractivity contribution in [2.75, 3.05) is 5.73 Å². The SMILES string of the molecule is CC(C)Cc1ncnc2c1N=C(Cn1cccc(N)c1=O)C2. The maximum Gasteiger partial charge on any atom is 0.274 e. The molecule has 0 aliphatic carbocycles. The van der Waals surface area contributed by atoms with E-state index in [4.69, 9.17) is 5.73 Å². The van der Waals surface area contributed by atoms with Gasteiger partial charge in [0.1, 0.15) is 12.0 Å². The molecular weight excluding hydrogens is 278 g/mol. The van der Waals surface area contributed by atoms with Gasteiger partial charge in [0.25, 0.3) is 5.56 Å². The van der Waals surface area contributed by atoms with E-state index in [-0.39, 0.29) is 11.2 Å². The number of rotatable bonds is 4. The van der Waals surface area contributed by atoms with Crippen LogP contribution in [0, 0.1) is 5.92 Å². The number of aromatic nitrogens is 3. The van der Waals surface area contributed by atoms with Crippen LogP contribution in [0.5, 0.6) is 0 Å². The Balaban J connectivity index is 1.89. The molecule has 2 aromatic rings. The molecule has 0 amide bonds. The summed E-state index contributed by atoms with van der Waals surface area (Å²) in [5.41, 5.74) is 9.44. The third-order valence-electron chi connectivity index (χ3n) is 3.62. The van der Waals surface area contributed by atoms with Crippen LogP contribution >= 0.6 is 0 Å². The van der Waals surface area contributed by atoms with Crippen LogP contribution in [-0.4, -0.2) is 20.2 Å². The first-order valence-electron chi connectivity index (χ1n) is 7.38. The highest BCUT2D eigenvalue weighted by atomic mass is 16.1. The van der Waals surface area contributed by atoms with Crippen LogP contribution in [0.3, 0.4) is 0 Å². The lowest BCUT2D eigenvalue weighted by atomic mass is 10.1. The summed E-state index contributed by atoms with van der Waals surface area (Å²) in [7, 11) is 0. The molecule has 0 saturated carbocycles. The van der Waals surface area contributed by atoms with Gasteiger partial charge in [0.15, 0.2) is 0 Å². The topological polar surface area (TPSA) is 86.2 Å². The van der Waals surface area contributed by atoms with E-state index in [1.54, 1.807) is 29.2 Å². The summed E-state index contributed by atoms with van der Waals surface area (Å²) in [6.45, 7) is 4.74. The van der Waals surface area contributed by atoms with Crippen molar-refractivity contribution in [1.82, 2.24) is 14.5 Å². The predicted octanol–water partition coefficient (Wildman–Crippen LogP) is 1.75. The van der Waals surface area contributed by atoms with E-state index >= 15 is 0 Å². The van der Waals surface area contributed by atoms with Crippen molar-refractivity contribution in [3.63, 3.8) is 0 Å². The molecule has 0 spiro atoms. The van der Waals surface area contributed by atoms with Gasteiger partial charge >= 0.3 is 0 Å². The van der Waals surface area contributed by atoms with Gasteiger partial charge in [0, 0.05) is 18.3 Å². The third-order valence-corrected chi connectivity index (χ3v) is 3.62. The Bertz CT molecular complexity index is 791. The predicted molar refractivity (Wildman–Crippen MR) is 86.5 cm³/mol. The van der Waals surface area contributed by atoms with E-state index in [9.17, 15) is 4.79 Å². The van der Waals surface area contributed by atoms with Crippen LogP contribution in [0.4, 0.5) is 11.4 Å². The fourth-order valence-corrected chi connectivity index (χ4v) is 2.61. The van der Waals surface area contributed by atoms with Crippen LogP contribution in [-0.2, 0) is 19.4 Å². The maximum atomic E-state index is 12.0. The Kier molecular flexibility index (Phi) is 3.75. The van der Waals surface area contributed by atoms with Crippen molar-refractivity contribution < 1.29 is 0 Å². The second-order valence-electron chi connectivity index (χ2n) is 5.97. The number of aliphatic imine (C=N–C) groups is 1. The van der Waals surface area contributed by atoms with Gasteiger partial charge in [0.2, 0.25) is 0 Å². The van der Waals surface area contributed by atoms with E-state index in [1.807, 2.05) is 0 Å². The van der Waals surface area contributed by atoms with E-state index in [2.05, 4.69) is 28.8 Å². The minimum atomic E-state index is -0.186. The molecule has 2 aromatic heterocycles. The Hall–Kier alpha value is -2.50. The van der Waals surface area contributed by atoms with E-state index in [0.29, 0.717) is 18.9 Å². The summed E-state index contributed by atoms with van der Waals surface area (Å²) in [6, 6.07) is 3.37. The molecule has 6 nitrogen and oxygen atoms in total. The molecule has 22 heavy (non-hydrogen) atoms. The number of anilines is 1. The lowest BCUT2D eigenvalue weighted by Crippen LogP contribution is -2.25. The summed E-state index contributed by atoms with van der Waals surface area (Å²) in [6.07, 6.45) is 4.86. The van der Waals surface area contributed by atoms with Crippen molar-refractivity contribution in [1.29, 1.82) is 0 Å². The fourth-order valence-electron chi connectivity index (χ4n) is 2.61. The zero-order valence-electron chi connectivity index (χ0n) is 12.8. The first kappa shape index (κ1) is 14.4. The average molecular weight is 297 g/mol. The number of hydrogen-bond acceptors (Lipinski definition) is 5. The fraction of sp³-hybridized carbons (Fsp3) is 0.375. The standard InChI is InChI=1S/C16H19N5O/c1-10(2)6-13-15-14(19-9-18-13)7-11(20-15)8-21-5-3-4-12(17)16(21)22/h3-5,9-10H,6-8,17H2,1-2H3. The molecular formula is C16H19N5O. The normalized spacial score (nSPS) is 13.3. The Morgan fingerprint density at radius 1 is 1.36 bits per heavy atom. The summed E-state index contributed by atoms with van der Waals surface area (Å²) in [5.74, 6) is 0.509. The monoisotopic (exact) mass is 297 g/mol. The van der Waals surface area contributed by atoms with Gasteiger partial charge < -0.3 is 10.3 Å². The van der Waals surface area contributed by atoms with E-state index in [1.165, 1.54) is 0 Å². The highest BCUT2D eigenvalue weighted by molar-refractivity contribution is 5.93. The van der Waals surface area contributed by atoms with Crippen LogP contribution in [0.2, 0.25) is 0 Å². The van der Waals surface area contributed by atoms with Gasteiger partial charge in [-0.15, -0.1) is 0 Å². The average Bonchev–Trinajstić information content (AvgIpc) is 2.87. The zero-order valence-corrected chi connectivity index (χ0v) is 12.8. The highest BCUT2D eigenvalue weighted by Crippen LogP contribution is 2.29. The van der Waals surface area contributed by atoms with Crippen molar-refractivity contribution in [2.24, 2.45) is 10.9 Å². The van der Waals surface area contributed by atoms with Gasteiger partial charge in [-0.3, -0.25) is 9.79 Å². The van der Waals surface area contributed by atoms with Gasteiger partial charge in [-0.25, -0.2) is 9.97 Å². The van der Waals surface area contributed by atoms with Gasteiger partial charge in [0.05, 0.1) is 23.6 Å². The smallest absolute Gasteiger partial charge is 0.274 e. The molecule has 114 valence electrons. The molecule has 1 aliphatic heterocycles. The molecule has 1 aliphatic rings. The number of nitrogens with zero attached hydrogens (tertiary/aromatic N) is 4. The minimum Gasteiger partial charge on any atom is -0.394 e. The molecule has 3 rings (SSSR count). The zero-order chi connectivity index (χ0) is 15.7. The Morgan fingerprint density at radius 2 is 2.18 bits per heavy atom. The molecule has 0 bridgehead atoms. The molecule has 0 atom stereocenters. The van der Waals surface area contributed by atoms with Crippen molar-refractivity contribution >= 4 is 17.1 Å². The second-order valence-corrected chi connectivity index (χ2v) is 5.97. The lowest BCUT2D eigenvalue weighted by Gasteiger charge is -2.06. The van der Waals surface area contributed by atoms with Gasteiger partial charge in [-0.1, -0.05) is 13.8 Å². The Morgan fingerprint density at radius 3 is 2.95 bits per heavy atom. The molecule has 0 unspecified atom stereocenters. The molecule has 2 N–H and O–H groups in total. The number of fused-ring (bicyclic) bond motifs is 1. The number of nitrogens with two attached hydrogens (primary N) is 1. The van der Waals surface area contributed by atoms with Gasteiger partial charge in [-0.2, -0.15) is 0 Å². The van der Waals surface area contributed by atoms with Crippen LogP contribution in [0.25, 0.3) is 0 Å². The quantitative estimate of drug-likeness (QED) is 0.931. The number of hydrogen-bond donors (Lipinski definition) is 1. The van der Waals surface area contributed by atoms with Gasteiger partial charge in [-0.05, 0) is 24.5 Å². The lowest BCUT2D eigenvalue weighted by molar-refractivity contribution is 0.634. The molecule has 0 fully saturated rings. The minimum absolute atomic E-state index is 0.186. The summed E-state index contributed by atoms with van der Waals surface area (Å²) in [5, 5.41) is 0. The summed E-state index contributed by atoms with van der Waals surface area (Å²) in [4.78, 5) is 25.3. The third kappa shape index (κ3) is 2.77. The molecule has 0 saturated heterocycles. The second kappa shape index (κ2) is 5.71. The molecule has 3 heterocycles. The maximum absolute atomic E-state index is 12.0. The van der Waals surface area contributed by atoms with E-state index < -0.39 is 0 Å². The summed E-state index contributed by atoms with van der Waals surface area (Å²) < 4.78 is 1.58. The summed E-state index contributed by atoms with van der Waals surface area (Å²) >= 11 is 0. The first-order valence-corrected chi connectivity index (χ1v) is 7.38. The molecule has 0 radical (unpaired) electrons. The van der Waals surface area contributed by atoms with Crippen molar-refractivity contribution in [3.05, 3.63) is 46.4 Å². The Labute approximate surface area is 128 Å². The van der Waals surface area contributed by atoms with Crippen molar-refractivity contribution in [3.8, 4) is 0 Å². The largest absolute Gasteiger partial charge is 0.394 e. The van der Waals surface area contributed by atoms with Crippen LogP contribution < -0.4 is 11.3 Å². The van der Waals surface area contributed by atoms with Crippen molar-refractivity contribution in [2.45, 2.75) is 33.2 Å². The molecule has 6 heteroatoms. The first-order chi connectivity index (χ1) is 10.5. The highest BCUT2D eigenvalue weighted by Gasteiger charge is 2.20. The van der Waals surface area contributed by atoms with Crippen LogP contribution in [0.15, 0.2) is 34.4 Å². The number of nitrogen functional groups attached to an aromatic ring is 1. The number of pyridine rings is 1. The van der Waals surface area contributed by atoms with E-state index in [0.717, 1.165) is 29.2 Å². The van der Waals surface area contributed by atoms with Crippen LogP contribution in [0.1, 0.15) is 25.2 Å². The molecule has 0 aromatic carbocycles.